The van der Waals surface area contributed by atoms with Crippen LogP contribution < -0.4 is 0 Å². The standard InChI is InChI=1S/C21H21NO5S/c1-21(2)19(22-16(23)13-17(22)28(21,25)26)20(24)27-18(14-9-5-3-6-10-14)15-11-7-4-8-12-15/h3-12,17-19H,13H2,1-2H3/t17-,19+/m1/s1. The molecule has 2 aliphatic heterocycles. The van der Waals surface area contributed by atoms with Gasteiger partial charge in [0.15, 0.2) is 15.9 Å². The molecule has 0 aliphatic carbocycles. The predicted molar refractivity (Wildman–Crippen MR) is 103 cm³/mol. The summed E-state index contributed by atoms with van der Waals surface area (Å²) >= 11 is 0. The van der Waals surface area contributed by atoms with E-state index in [-0.39, 0.29) is 12.3 Å². The van der Waals surface area contributed by atoms with Crippen LogP contribution in [0.15, 0.2) is 60.7 Å². The van der Waals surface area contributed by atoms with Crippen LogP contribution in [0.2, 0.25) is 0 Å². The van der Waals surface area contributed by atoms with Crippen molar-refractivity contribution in [2.75, 3.05) is 0 Å². The Hall–Kier alpha value is -2.67. The van der Waals surface area contributed by atoms with E-state index >= 15 is 0 Å². The molecule has 1 amide bonds. The molecule has 2 saturated heterocycles. The normalized spacial score (nSPS) is 24.5. The van der Waals surface area contributed by atoms with E-state index in [0.717, 1.165) is 11.1 Å². The average molecular weight is 399 g/mol. The Morgan fingerprint density at radius 3 is 2.00 bits per heavy atom. The Morgan fingerprint density at radius 2 is 1.54 bits per heavy atom. The van der Waals surface area contributed by atoms with Gasteiger partial charge < -0.3 is 9.64 Å². The summed E-state index contributed by atoms with van der Waals surface area (Å²) in [5.41, 5.74) is 1.54. The predicted octanol–water partition coefficient (Wildman–Crippen LogP) is 2.45. The summed E-state index contributed by atoms with van der Waals surface area (Å²) in [5.74, 6) is -1.04. The summed E-state index contributed by atoms with van der Waals surface area (Å²) in [6.07, 6.45) is -0.764. The molecule has 0 bridgehead atoms. The second-order valence-electron chi connectivity index (χ2n) is 7.65. The van der Waals surface area contributed by atoms with Crippen molar-refractivity contribution in [3.63, 3.8) is 0 Å². The number of carbonyl (C=O) groups excluding carboxylic acids is 2. The number of rotatable bonds is 4. The first-order valence-corrected chi connectivity index (χ1v) is 10.6. The number of nitrogens with zero attached hydrogens (tertiary/aromatic N) is 1. The van der Waals surface area contributed by atoms with E-state index in [4.69, 9.17) is 4.74 Å². The lowest BCUT2D eigenvalue weighted by atomic mass is 9.97. The van der Waals surface area contributed by atoms with Crippen molar-refractivity contribution in [1.29, 1.82) is 0 Å². The molecule has 0 N–H and O–H groups in total. The second kappa shape index (κ2) is 6.44. The molecule has 0 saturated carbocycles. The summed E-state index contributed by atoms with van der Waals surface area (Å²) in [6.45, 7) is 2.97. The maximum absolute atomic E-state index is 13.2. The molecule has 2 aromatic rings. The van der Waals surface area contributed by atoms with Crippen LogP contribution in [0.3, 0.4) is 0 Å². The second-order valence-corrected chi connectivity index (χ2v) is 10.3. The van der Waals surface area contributed by atoms with Crippen LogP contribution in [0.25, 0.3) is 0 Å². The highest BCUT2D eigenvalue weighted by molar-refractivity contribution is 7.93. The number of amides is 1. The molecule has 0 radical (unpaired) electrons. The Balaban J connectivity index is 1.70. The fraction of sp³-hybridized carbons (Fsp3) is 0.333. The van der Waals surface area contributed by atoms with Crippen molar-refractivity contribution in [2.24, 2.45) is 0 Å². The van der Waals surface area contributed by atoms with Crippen molar-refractivity contribution in [1.82, 2.24) is 4.90 Å². The minimum atomic E-state index is -3.65. The van der Waals surface area contributed by atoms with Crippen LogP contribution in [0.4, 0.5) is 0 Å². The van der Waals surface area contributed by atoms with Gasteiger partial charge in [-0.05, 0) is 25.0 Å². The molecule has 2 aliphatic rings. The zero-order chi connectivity index (χ0) is 20.1. The Labute approximate surface area is 164 Å². The van der Waals surface area contributed by atoms with Gasteiger partial charge in [-0.15, -0.1) is 0 Å². The van der Waals surface area contributed by atoms with Crippen molar-refractivity contribution in [3.05, 3.63) is 71.8 Å². The summed E-state index contributed by atoms with van der Waals surface area (Å²) in [5, 5.41) is -0.931. The first-order valence-electron chi connectivity index (χ1n) is 9.10. The highest BCUT2D eigenvalue weighted by Crippen LogP contribution is 2.46. The first kappa shape index (κ1) is 18.7. The van der Waals surface area contributed by atoms with Crippen LogP contribution in [-0.4, -0.2) is 41.4 Å². The van der Waals surface area contributed by atoms with Crippen LogP contribution in [0, 0.1) is 0 Å². The van der Waals surface area contributed by atoms with Gasteiger partial charge in [-0.3, -0.25) is 4.79 Å². The summed E-state index contributed by atoms with van der Waals surface area (Å²) in [6, 6.07) is 17.3. The zero-order valence-electron chi connectivity index (χ0n) is 15.6. The van der Waals surface area contributed by atoms with E-state index < -0.39 is 38.1 Å². The molecule has 28 heavy (non-hydrogen) atoms. The molecule has 7 heteroatoms. The topological polar surface area (TPSA) is 80.8 Å². The van der Waals surface area contributed by atoms with Crippen LogP contribution in [0.1, 0.15) is 37.5 Å². The number of sulfone groups is 1. The van der Waals surface area contributed by atoms with E-state index in [1.165, 1.54) is 18.7 Å². The van der Waals surface area contributed by atoms with Gasteiger partial charge in [-0.1, -0.05) is 60.7 Å². The molecule has 0 aromatic heterocycles. The van der Waals surface area contributed by atoms with E-state index in [1.54, 1.807) is 0 Å². The maximum atomic E-state index is 13.2. The third-order valence-electron chi connectivity index (χ3n) is 5.64. The average Bonchev–Trinajstić information content (AvgIpc) is 2.81. The highest BCUT2D eigenvalue weighted by atomic mass is 32.2. The number of benzene rings is 2. The molecule has 0 unspecified atom stereocenters. The fourth-order valence-corrected chi connectivity index (χ4v) is 6.10. The molecule has 146 valence electrons. The van der Waals surface area contributed by atoms with Gasteiger partial charge >= 0.3 is 5.97 Å². The highest BCUT2D eigenvalue weighted by Gasteiger charge is 2.68. The Bertz CT molecular complexity index is 978. The van der Waals surface area contributed by atoms with E-state index in [9.17, 15) is 18.0 Å². The Kier molecular flexibility index (Phi) is 4.30. The van der Waals surface area contributed by atoms with Crippen molar-refractivity contribution in [2.45, 2.75) is 42.5 Å². The van der Waals surface area contributed by atoms with Crippen molar-refractivity contribution >= 4 is 21.7 Å². The molecule has 0 spiro atoms. The number of hydrogen-bond acceptors (Lipinski definition) is 5. The Morgan fingerprint density at radius 1 is 1.04 bits per heavy atom. The van der Waals surface area contributed by atoms with Crippen LogP contribution in [-0.2, 0) is 24.2 Å². The van der Waals surface area contributed by atoms with Gasteiger partial charge in [-0.25, -0.2) is 13.2 Å². The molecular formula is C21H21NO5S. The largest absolute Gasteiger partial charge is 0.451 e. The molecule has 2 aromatic carbocycles. The molecule has 4 rings (SSSR count). The SMILES string of the molecule is CC1(C)[C@H](C(=O)OC(c2ccccc2)c2ccccc2)N2C(=O)C[C@H]2S1(=O)=O. The number of fused-ring (bicyclic) bond motifs is 1. The fourth-order valence-electron chi connectivity index (χ4n) is 3.97. The quantitative estimate of drug-likeness (QED) is 0.583. The third kappa shape index (κ3) is 2.64. The van der Waals surface area contributed by atoms with Gasteiger partial charge in [0.25, 0.3) is 0 Å². The summed E-state index contributed by atoms with van der Waals surface area (Å²) in [7, 11) is -3.65. The lowest BCUT2D eigenvalue weighted by Crippen LogP contribution is -2.57. The third-order valence-corrected chi connectivity index (χ3v) is 8.44. The number of β-lactam (4-membered cyclic amide) rings is 1. The van der Waals surface area contributed by atoms with Crippen molar-refractivity contribution < 1.29 is 22.7 Å². The van der Waals surface area contributed by atoms with E-state index in [0.29, 0.717) is 0 Å². The van der Waals surface area contributed by atoms with Crippen LogP contribution >= 0.6 is 0 Å². The van der Waals surface area contributed by atoms with Crippen molar-refractivity contribution in [3.8, 4) is 0 Å². The number of esters is 1. The maximum Gasteiger partial charge on any atom is 0.331 e. The van der Waals surface area contributed by atoms with Gasteiger partial charge in [0.1, 0.15) is 11.4 Å². The molecule has 6 nitrogen and oxygen atoms in total. The lowest BCUT2D eigenvalue weighted by Gasteiger charge is -2.36. The summed E-state index contributed by atoms with van der Waals surface area (Å²) in [4.78, 5) is 26.4. The van der Waals surface area contributed by atoms with Gasteiger partial charge in [-0.2, -0.15) is 0 Å². The van der Waals surface area contributed by atoms with Crippen LogP contribution in [0.5, 0.6) is 0 Å². The molecular weight excluding hydrogens is 378 g/mol. The number of hydrogen-bond donors (Lipinski definition) is 0. The minimum absolute atomic E-state index is 0.0731. The monoisotopic (exact) mass is 399 g/mol. The number of ether oxygens (including phenoxy) is 1. The zero-order valence-corrected chi connectivity index (χ0v) is 16.4. The molecule has 2 heterocycles. The first-order chi connectivity index (χ1) is 13.2. The van der Waals surface area contributed by atoms with Gasteiger partial charge in [0, 0.05) is 0 Å². The number of carbonyl (C=O) groups is 2. The van der Waals surface area contributed by atoms with Gasteiger partial charge in [0.2, 0.25) is 5.91 Å². The smallest absolute Gasteiger partial charge is 0.331 e. The lowest BCUT2D eigenvalue weighted by molar-refractivity contribution is -0.164. The minimum Gasteiger partial charge on any atom is -0.451 e. The van der Waals surface area contributed by atoms with E-state index in [2.05, 4.69) is 0 Å². The summed E-state index contributed by atoms with van der Waals surface area (Å²) < 4.78 is 30.0. The van der Waals surface area contributed by atoms with E-state index in [1.807, 2.05) is 60.7 Å². The van der Waals surface area contributed by atoms with Gasteiger partial charge in [0.05, 0.1) is 11.2 Å². The molecule has 2 fully saturated rings. The molecule has 2 atom stereocenters.